The molecule has 0 aromatic rings. The molecule has 0 radical (unpaired) electrons. The summed E-state index contributed by atoms with van der Waals surface area (Å²) in [5.41, 5.74) is 1.15. The van der Waals surface area contributed by atoms with Crippen LogP contribution in [0.5, 0.6) is 0 Å². The summed E-state index contributed by atoms with van der Waals surface area (Å²) in [5.74, 6) is 0.438. The van der Waals surface area contributed by atoms with E-state index in [2.05, 4.69) is 49.3 Å². The van der Waals surface area contributed by atoms with Crippen molar-refractivity contribution in [3.63, 3.8) is 0 Å². The fourth-order valence-electron chi connectivity index (χ4n) is 2.52. The number of hydrogen-bond donors (Lipinski definition) is 2. The van der Waals surface area contributed by atoms with Crippen LogP contribution in [0.3, 0.4) is 0 Å². The Bertz CT molecular complexity index is 282. The standard InChI is InChI=1S/C14H28N4/c1-5-6-17(3)9-12(2)13(7-15)8-16-14-10-18(4)11-14/h7-8,12,14-16H,5-6,9-11H2,1-4H3/p+1/b13-8+,15-7?. The second-order valence-electron chi connectivity index (χ2n) is 5.65. The van der Waals surface area contributed by atoms with Crippen molar-refractivity contribution in [3.05, 3.63) is 11.8 Å². The Labute approximate surface area is 112 Å². The van der Waals surface area contributed by atoms with Gasteiger partial charge in [-0.25, -0.2) is 0 Å². The molecule has 3 N–H and O–H groups in total. The fraction of sp³-hybridized carbons (Fsp3) is 0.786. The predicted molar refractivity (Wildman–Crippen MR) is 77.0 cm³/mol. The summed E-state index contributed by atoms with van der Waals surface area (Å²) in [5, 5.41) is 9.83. The number of likely N-dealkylation sites (tertiary alicyclic amines) is 1. The predicted octanol–water partition coefficient (Wildman–Crippen LogP) is 0.375. The second-order valence-corrected chi connectivity index (χ2v) is 5.65. The van der Waals surface area contributed by atoms with Crippen LogP contribution in [0.15, 0.2) is 11.8 Å². The maximum absolute atomic E-state index is 7.55. The number of rotatable bonds is 8. The summed E-state index contributed by atoms with van der Waals surface area (Å²) in [6, 6.07) is 0.686. The second kappa shape index (κ2) is 7.67. The molecule has 1 fully saturated rings. The maximum atomic E-state index is 7.55. The highest BCUT2D eigenvalue weighted by Crippen LogP contribution is 2.08. The molecule has 18 heavy (non-hydrogen) atoms. The lowest BCUT2D eigenvalue weighted by Crippen LogP contribution is -2.92. The minimum Gasteiger partial charge on any atom is -0.315 e. The molecule has 4 heteroatoms. The highest BCUT2D eigenvalue weighted by atomic mass is 15.2. The van der Waals surface area contributed by atoms with Crippen LogP contribution in [-0.4, -0.2) is 62.3 Å². The van der Waals surface area contributed by atoms with E-state index in [1.807, 2.05) is 0 Å². The van der Waals surface area contributed by atoms with Crippen LogP contribution in [-0.2, 0) is 0 Å². The molecule has 0 aromatic heterocycles. The van der Waals surface area contributed by atoms with Crippen molar-refractivity contribution in [3.8, 4) is 0 Å². The van der Waals surface area contributed by atoms with Crippen LogP contribution in [0, 0.1) is 11.3 Å². The van der Waals surface area contributed by atoms with E-state index >= 15 is 0 Å². The van der Waals surface area contributed by atoms with Gasteiger partial charge in [0.05, 0.1) is 19.3 Å². The zero-order chi connectivity index (χ0) is 13.5. The molecule has 1 heterocycles. The topological polar surface area (TPSA) is 46.9 Å². The Morgan fingerprint density at radius 2 is 2.22 bits per heavy atom. The van der Waals surface area contributed by atoms with Gasteiger partial charge in [0.1, 0.15) is 6.04 Å². The van der Waals surface area contributed by atoms with Crippen LogP contribution in [0.25, 0.3) is 0 Å². The van der Waals surface area contributed by atoms with Gasteiger partial charge in [-0.1, -0.05) is 13.8 Å². The molecule has 0 spiro atoms. The van der Waals surface area contributed by atoms with E-state index in [-0.39, 0.29) is 0 Å². The van der Waals surface area contributed by atoms with Gasteiger partial charge in [0, 0.05) is 24.3 Å². The van der Waals surface area contributed by atoms with E-state index in [1.165, 1.54) is 12.6 Å². The molecule has 0 aliphatic carbocycles. The molecular weight excluding hydrogens is 224 g/mol. The summed E-state index contributed by atoms with van der Waals surface area (Å²) in [4.78, 5) is 4.66. The van der Waals surface area contributed by atoms with Gasteiger partial charge < -0.3 is 15.6 Å². The number of quaternary nitrogens is 1. The van der Waals surface area contributed by atoms with Crippen molar-refractivity contribution in [1.82, 2.24) is 9.80 Å². The molecule has 1 atom stereocenters. The number of likely N-dealkylation sites (N-methyl/N-ethyl adjacent to an activating group) is 1. The van der Waals surface area contributed by atoms with Gasteiger partial charge in [-0.3, -0.25) is 4.90 Å². The summed E-state index contributed by atoms with van der Waals surface area (Å²) in [6.45, 7) is 8.90. The van der Waals surface area contributed by atoms with Gasteiger partial charge in [0.15, 0.2) is 0 Å². The summed E-state index contributed by atoms with van der Waals surface area (Å²) >= 11 is 0. The zero-order valence-corrected chi connectivity index (χ0v) is 12.3. The molecule has 0 aromatic carbocycles. The fourth-order valence-corrected chi connectivity index (χ4v) is 2.52. The normalized spacial score (nSPS) is 19.9. The van der Waals surface area contributed by atoms with Gasteiger partial charge in [-0.05, 0) is 27.1 Å². The molecule has 0 saturated carbocycles. The third-order valence-electron chi connectivity index (χ3n) is 3.58. The van der Waals surface area contributed by atoms with Crippen LogP contribution >= 0.6 is 0 Å². The van der Waals surface area contributed by atoms with Gasteiger partial charge >= 0.3 is 0 Å². The third kappa shape index (κ3) is 4.88. The van der Waals surface area contributed by atoms with Crippen molar-refractivity contribution in [2.75, 3.05) is 40.3 Å². The Morgan fingerprint density at radius 3 is 2.72 bits per heavy atom. The van der Waals surface area contributed by atoms with Crippen molar-refractivity contribution in [1.29, 1.82) is 5.41 Å². The van der Waals surface area contributed by atoms with Crippen molar-refractivity contribution < 1.29 is 5.32 Å². The molecule has 0 bridgehead atoms. The van der Waals surface area contributed by atoms with Crippen LogP contribution in [0.2, 0.25) is 0 Å². The lowest BCUT2D eigenvalue weighted by molar-refractivity contribution is -0.639. The Morgan fingerprint density at radius 1 is 1.56 bits per heavy atom. The van der Waals surface area contributed by atoms with Gasteiger partial charge in [-0.2, -0.15) is 0 Å². The van der Waals surface area contributed by atoms with E-state index in [9.17, 15) is 0 Å². The van der Waals surface area contributed by atoms with Crippen molar-refractivity contribution in [2.24, 2.45) is 5.92 Å². The van der Waals surface area contributed by atoms with Crippen LogP contribution in [0.1, 0.15) is 20.3 Å². The largest absolute Gasteiger partial charge is 0.315 e. The first-order valence-electron chi connectivity index (χ1n) is 6.99. The summed E-state index contributed by atoms with van der Waals surface area (Å²) in [6.07, 6.45) is 4.87. The zero-order valence-electron chi connectivity index (χ0n) is 12.3. The van der Waals surface area contributed by atoms with Gasteiger partial charge in [0.2, 0.25) is 0 Å². The summed E-state index contributed by atoms with van der Waals surface area (Å²) < 4.78 is 0. The monoisotopic (exact) mass is 253 g/mol. The molecule has 1 aliphatic rings. The van der Waals surface area contributed by atoms with E-state index < -0.39 is 0 Å². The molecule has 104 valence electrons. The average molecular weight is 253 g/mol. The van der Waals surface area contributed by atoms with Gasteiger partial charge in [0.25, 0.3) is 0 Å². The van der Waals surface area contributed by atoms with Gasteiger partial charge in [-0.15, -0.1) is 0 Å². The third-order valence-corrected chi connectivity index (χ3v) is 3.58. The maximum Gasteiger partial charge on any atom is 0.116 e. The van der Waals surface area contributed by atoms with E-state index in [4.69, 9.17) is 5.41 Å². The molecular formula is C14H29N4+. The average Bonchev–Trinajstić information content (AvgIpc) is 2.27. The van der Waals surface area contributed by atoms with E-state index in [0.29, 0.717) is 12.0 Å². The molecule has 0 amide bonds. The first kappa shape index (κ1) is 15.3. The highest BCUT2D eigenvalue weighted by molar-refractivity contribution is 5.75. The Balaban J connectivity index is 2.38. The Hall–Kier alpha value is -0.710. The lowest BCUT2D eigenvalue weighted by Gasteiger charge is -2.33. The molecule has 1 saturated heterocycles. The Kier molecular flexibility index (Phi) is 6.54. The molecule has 4 nitrogen and oxygen atoms in total. The molecule has 1 aliphatic heterocycles. The van der Waals surface area contributed by atoms with E-state index in [1.54, 1.807) is 0 Å². The lowest BCUT2D eigenvalue weighted by atomic mass is 10.0. The number of nitrogens with two attached hydrogens (primary N) is 1. The van der Waals surface area contributed by atoms with Crippen molar-refractivity contribution >= 4 is 6.21 Å². The first-order valence-corrected chi connectivity index (χ1v) is 6.99. The molecule has 1 unspecified atom stereocenters. The SMILES string of the molecule is CCCN(C)CC(C)/C(C=N)=C/[NH2+]C1CN(C)C1. The minimum atomic E-state index is 0.438. The number of nitrogens with zero attached hydrogens (tertiary/aromatic N) is 2. The smallest absolute Gasteiger partial charge is 0.116 e. The van der Waals surface area contributed by atoms with Crippen molar-refractivity contribution in [2.45, 2.75) is 26.3 Å². The number of hydrogen-bond acceptors (Lipinski definition) is 3. The summed E-state index contributed by atoms with van der Waals surface area (Å²) in [7, 11) is 4.31. The van der Waals surface area contributed by atoms with E-state index in [0.717, 1.165) is 31.8 Å². The quantitative estimate of drug-likeness (QED) is 0.614. The van der Waals surface area contributed by atoms with Crippen LogP contribution < -0.4 is 5.32 Å². The molecule has 1 rings (SSSR count). The van der Waals surface area contributed by atoms with Crippen LogP contribution in [0.4, 0.5) is 0 Å². The first-order chi connectivity index (χ1) is 8.56. The highest BCUT2D eigenvalue weighted by Gasteiger charge is 2.25. The minimum absolute atomic E-state index is 0.438. The number of nitrogens with one attached hydrogen (secondary N) is 1.